The van der Waals surface area contributed by atoms with E-state index >= 15 is 0 Å². The molecule has 1 heterocycles. The number of hydrogen-bond donors (Lipinski definition) is 1. The predicted molar refractivity (Wildman–Crippen MR) is 162 cm³/mol. The molecule has 0 aliphatic carbocycles. The molecule has 1 atom stereocenters. The Hall–Kier alpha value is -3.27. The highest BCUT2D eigenvalue weighted by Gasteiger charge is 2.32. The zero-order valence-electron chi connectivity index (χ0n) is 24.9. The fourth-order valence-corrected chi connectivity index (χ4v) is 4.95. The maximum Gasteiger partial charge on any atom is 0.412 e. The van der Waals surface area contributed by atoms with Crippen LogP contribution >= 0.6 is 0 Å². The van der Waals surface area contributed by atoms with Crippen LogP contribution in [0.4, 0.5) is 4.79 Å². The number of amides is 1. The molecule has 0 aromatic heterocycles. The second kappa shape index (κ2) is 14.8. The van der Waals surface area contributed by atoms with E-state index in [1.807, 2.05) is 49.4 Å². The van der Waals surface area contributed by atoms with Crippen molar-refractivity contribution in [2.75, 3.05) is 0 Å². The standard InChI is InChI=1S/C35H47NO3/c1-26(2)13-10-14-27(3)15-11-16-28(4)17-12-21-35(6)22-20-31-24-32(23-29(5)33(31)39-35)38-34(37)36-25-30-18-8-7-9-19-30/h7-9,13,15,17-19,23-24H,10-12,14,16,20-22,25H2,1-6H3,(H,36,37)/t35-/m1/s1. The van der Waals surface area contributed by atoms with Gasteiger partial charge in [-0.25, -0.2) is 4.79 Å². The summed E-state index contributed by atoms with van der Waals surface area (Å²) in [6, 6.07) is 13.7. The van der Waals surface area contributed by atoms with Crippen molar-refractivity contribution in [1.29, 1.82) is 0 Å². The number of allylic oxidation sites excluding steroid dienone is 6. The Bertz CT molecular complexity index is 1190. The largest absolute Gasteiger partial charge is 0.487 e. The van der Waals surface area contributed by atoms with Crippen LogP contribution in [0.15, 0.2) is 77.4 Å². The molecule has 0 unspecified atom stereocenters. The number of ether oxygens (including phenoxy) is 2. The van der Waals surface area contributed by atoms with Crippen molar-refractivity contribution < 1.29 is 14.3 Å². The van der Waals surface area contributed by atoms with Gasteiger partial charge in [0.25, 0.3) is 0 Å². The first-order valence-electron chi connectivity index (χ1n) is 14.4. The molecule has 1 N–H and O–H groups in total. The van der Waals surface area contributed by atoms with Crippen LogP contribution in [-0.4, -0.2) is 11.7 Å². The summed E-state index contributed by atoms with van der Waals surface area (Å²) in [5.41, 5.74) is 7.29. The minimum atomic E-state index is -0.448. The van der Waals surface area contributed by atoms with Crippen molar-refractivity contribution >= 4 is 6.09 Å². The van der Waals surface area contributed by atoms with Crippen LogP contribution in [-0.2, 0) is 13.0 Å². The molecular formula is C35H47NO3. The first-order valence-corrected chi connectivity index (χ1v) is 14.4. The van der Waals surface area contributed by atoms with Crippen molar-refractivity contribution in [2.24, 2.45) is 0 Å². The summed E-state index contributed by atoms with van der Waals surface area (Å²) < 4.78 is 12.1. The van der Waals surface area contributed by atoms with Crippen molar-refractivity contribution in [2.45, 2.75) is 105 Å². The van der Waals surface area contributed by atoms with E-state index in [1.54, 1.807) is 0 Å². The SMILES string of the molecule is CC(C)=CCCC(C)=CCCC(C)=CCC[C@]1(C)CCc2cc(OC(=O)NCc3ccccc3)cc(C)c2O1. The van der Waals surface area contributed by atoms with E-state index in [9.17, 15) is 4.79 Å². The minimum absolute atomic E-state index is 0.189. The van der Waals surface area contributed by atoms with Gasteiger partial charge in [0.05, 0.1) is 0 Å². The lowest BCUT2D eigenvalue weighted by atomic mass is 9.87. The van der Waals surface area contributed by atoms with E-state index in [1.165, 1.54) is 16.7 Å². The lowest BCUT2D eigenvalue weighted by Gasteiger charge is -2.37. The maximum absolute atomic E-state index is 12.3. The quantitative estimate of drug-likeness (QED) is 0.278. The Labute approximate surface area is 236 Å². The van der Waals surface area contributed by atoms with Crippen LogP contribution in [0.3, 0.4) is 0 Å². The molecule has 0 spiro atoms. The molecule has 4 heteroatoms. The van der Waals surface area contributed by atoms with E-state index in [4.69, 9.17) is 9.47 Å². The van der Waals surface area contributed by atoms with Gasteiger partial charge >= 0.3 is 6.09 Å². The topological polar surface area (TPSA) is 47.6 Å². The first kappa shape index (κ1) is 30.3. The number of carbonyl (C=O) groups is 1. The summed E-state index contributed by atoms with van der Waals surface area (Å²) in [4.78, 5) is 12.3. The maximum atomic E-state index is 12.3. The van der Waals surface area contributed by atoms with Gasteiger partial charge in [0.15, 0.2) is 0 Å². The summed E-state index contributed by atoms with van der Waals surface area (Å²) >= 11 is 0. The van der Waals surface area contributed by atoms with Gasteiger partial charge in [-0.2, -0.15) is 0 Å². The molecule has 0 saturated carbocycles. The van der Waals surface area contributed by atoms with Crippen LogP contribution < -0.4 is 14.8 Å². The highest BCUT2D eigenvalue weighted by molar-refractivity contribution is 5.70. The van der Waals surface area contributed by atoms with E-state index in [0.717, 1.165) is 73.8 Å². The fourth-order valence-electron chi connectivity index (χ4n) is 4.95. The van der Waals surface area contributed by atoms with Gasteiger partial charge in [0, 0.05) is 6.54 Å². The molecule has 0 fully saturated rings. The van der Waals surface area contributed by atoms with Crippen molar-refractivity contribution in [3.8, 4) is 11.5 Å². The van der Waals surface area contributed by atoms with E-state index in [0.29, 0.717) is 12.3 Å². The minimum Gasteiger partial charge on any atom is -0.487 e. The summed E-state index contributed by atoms with van der Waals surface area (Å²) in [6.07, 6.45) is 15.0. The number of carbonyl (C=O) groups excluding carboxylic acids is 1. The number of benzene rings is 2. The van der Waals surface area contributed by atoms with Crippen molar-refractivity contribution in [3.63, 3.8) is 0 Å². The molecule has 0 bridgehead atoms. The van der Waals surface area contributed by atoms with Crippen LogP contribution in [0.25, 0.3) is 0 Å². The first-order chi connectivity index (χ1) is 18.6. The molecule has 4 nitrogen and oxygen atoms in total. The van der Waals surface area contributed by atoms with Crippen LogP contribution in [0.1, 0.15) is 96.3 Å². The number of rotatable bonds is 12. The third-order valence-electron chi connectivity index (χ3n) is 7.38. The molecule has 2 aromatic carbocycles. The number of fused-ring (bicyclic) bond motifs is 1. The molecule has 3 rings (SSSR count). The molecule has 0 radical (unpaired) electrons. The highest BCUT2D eigenvalue weighted by atomic mass is 16.6. The summed E-state index contributed by atoms with van der Waals surface area (Å²) in [5.74, 6) is 1.50. The number of aryl methyl sites for hydroxylation is 2. The second-order valence-electron chi connectivity index (χ2n) is 11.5. The van der Waals surface area contributed by atoms with E-state index in [-0.39, 0.29) is 5.60 Å². The van der Waals surface area contributed by atoms with Gasteiger partial charge in [-0.1, -0.05) is 65.3 Å². The third kappa shape index (κ3) is 10.4. The smallest absolute Gasteiger partial charge is 0.412 e. The van der Waals surface area contributed by atoms with Gasteiger partial charge in [-0.3, -0.25) is 0 Å². The lowest BCUT2D eigenvalue weighted by molar-refractivity contribution is 0.0561. The fraction of sp³-hybridized carbons (Fsp3) is 0.457. The lowest BCUT2D eigenvalue weighted by Crippen LogP contribution is -2.36. The highest BCUT2D eigenvalue weighted by Crippen LogP contribution is 2.40. The Morgan fingerprint density at radius 2 is 1.64 bits per heavy atom. The Morgan fingerprint density at radius 3 is 2.33 bits per heavy atom. The van der Waals surface area contributed by atoms with Crippen molar-refractivity contribution in [3.05, 3.63) is 94.1 Å². The molecule has 1 aliphatic rings. The molecule has 1 amide bonds. The summed E-state index contributed by atoms with van der Waals surface area (Å²) in [5, 5.41) is 2.82. The van der Waals surface area contributed by atoms with Gasteiger partial charge < -0.3 is 14.8 Å². The van der Waals surface area contributed by atoms with Gasteiger partial charge in [0.1, 0.15) is 17.1 Å². The number of nitrogens with one attached hydrogen (secondary N) is 1. The summed E-state index contributed by atoms with van der Waals surface area (Å²) in [7, 11) is 0. The normalized spacial score (nSPS) is 17.2. The second-order valence-corrected chi connectivity index (χ2v) is 11.5. The third-order valence-corrected chi connectivity index (χ3v) is 7.38. The van der Waals surface area contributed by atoms with Crippen LogP contribution in [0.5, 0.6) is 11.5 Å². The van der Waals surface area contributed by atoms with Crippen LogP contribution in [0.2, 0.25) is 0 Å². The Kier molecular flexibility index (Phi) is 11.5. The molecule has 39 heavy (non-hydrogen) atoms. The zero-order valence-corrected chi connectivity index (χ0v) is 24.9. The summed E-state index contributed by atoms with van der Waals surface area (Å²) in [6.45, 7) is 13.5. The predicted octanol–water partition coefficient (Wildman–Crippen LogP) is 9.57. The molecule has 0 saturated heterocycles. The monoisotopic (exact) mass is 529 g/mol. The van der Waals surface area contributed by atoms with Crippen molar-refractivity contribution in [1.82, 2.24) is 5.32 Å². The molecular weight excluding hydrogens is 482 g/mol. The van der Waals surface area contributed by atoms with Gasteiger partial charge in [0.2, 0.25) is 0 Å². The average molecular weight is 530 g/mol. The van der Waals surface area contributed by atoms with E-state index in [2.05, 4.69) is 58.2 Å². The molecule has 1 aliphatic heterocycles. The Morgan fingerprint density at radius 1 is 0.974 bits per heavy atom. The molecule has 2 aromatic rings. The zero-order chi connectivity index (χ0) is 28.3. The van der Waals surface area contributed by atoms with Crippen LogP contribution in [0, 0.1) is 6.92 Å². The van der Waals surface area contributed by atoms with Gasteiger partial charge in [-0.15, -0.1) is 0 Å². The average Bonchev–Trinajstić information content (AvgIpc) is 2.88. The van der Waals surface area contributed by atoms with Gasteiger partial charge in [-0.05, 0) is 122 Å². The number of hydrogen-bond acceptors (Lipinski definition) is 3. The molecule has 210 valence electrons. The van der Waals surface area contributed by atoms with E-state index < -0.39 is 6.09 Å². The Balaban J connectivity index is 1.47.